The van der Waals surface area contributed by atoms with E-state index in [1.54, 1.807) is 61.5 Å². The number of rotatable bonds is 11. The molecule has 2 N–H and O–H groups in total. The fourth-order valence-corrected chi connectivity index (χ4v) is 4.89. The number of anilines is 1. The van der Waals surface area contributed by atoms with Crippen molar-refractivity contribution in [2.75, 3.05) is 17.5 Å². The highest BCUT2D eigenvalue weighted by atomic mass is 35.5. The molecule has 0 bridgehead atoms. The highest BCUT2D eigenvalue weighted by Gasteiger charge is 2.27. The Morgan fingerprint density at radius 2 is 1.71 bits per heavy atom. The largest absolute Gasteiger partial charge is 0.484 e. The van der Waals surface area contributed by atoms with Gasteiger partial charge < -0.3 is 10.1 Å². The third-order valence-corrected chi connectivity index (χ3v) is 7.36. The second-order valence-corrected chi connectivity index (χ2v) is 10.9. The molecule has 0 aliphatic carbocycles. The first kappa shape index (κ1) is 28.7. The molecule has 11 heteroatoms. The number of halogens is 1. The molecule has 0 atom stereocenters. The lowest BCUT2D eigenvalue weighted by Crippen LogP contribution is -2.39. The van der Waals surface area contributed by atoms with Gasteiger partial charge in [0.2, 0.25) is 0 Å². The molecule has 3 rings (SSSR count). The first-order valence-corrected chi connectivity index (χ1v) is 13.6. The van der Waals surface area contributed by atoms with Crippen LogP contribution in [0.15, 0.2) is 82.8 Å². The average Bonchev–Trinajstić information content (AvgIpc) is 2.88. The van der Waals surface area contributed by atoms with Crippen LogP contribution in [0.1, 0.15) is 25.0 Å². The average molecular weight is 557 g/mol. The predicted octanol–water partition coefficient (Wildman–Crippen LogP) is 3.90. The molecule has 9 nitrogen and oxygen atoms in total. The van der Waals surface area contributed by atoms with Gasteiger partial charge in [-0.05, 0) is 80.4 Å². The van der Waals surface area contributed by atoms with Crippen molar-refractivity contribution in [3.05, 3.63) is 88.9 Å². The van der Waals surface area contributed by atoms with E-state index in [-0.39, 0.29) is 29.1 Å². The van der Waals surface area contributed by atoms with Crippen molar-refractivity contribution in [1.29, 1.82) is 0 Å². The zero-order valence-electron chi connectivity index (χ0n) is 21.2. The van der Waals surface area contributed by atoms with E-state index < -0.39 is 22.5 Å². The van der Waals surface area contributed by atoms with Gasteiger partial charge in [0.15, 0.2) is 6.61 Å². The Balaban J connectivity index is 1.67. The van der Waals surface area contributed by atoms with Gasteiger partial charge in [-0.3, -0.25) is 13.9 Å². The highest BCUT2D eigenvalue weighted by molar-refractivity contribution is 7.92. The maximum absolute atomic E-state index is 13.4. The van der Waals surface area contributed by atoms with Crippen molar-refractivity contribution < 1.29 is 22.7 Å². The van der Waals surface area contributed by atoms with Crippen LogP contribution < -0.4 is 19.8 Å². The molecule has 0 aliphatic rings. The molecule has 0 saturated heterocycles. The summed E-state index contributed by atoms with van der Waals surface area (Å²) in [5.41, 5.74) is 4.04. The van der Waals surface area contributed by atoms with Gasteiger partial charge in [0, 0.05) is 11.1 Å². The third kappa shape index (κ3) is 8.06. The lowest BCUT2D eigenvalue weighted by molar-refractivity contribution is -0.123. The number of aryl methyl sites for hydroxylation is 1. The van der Waals surface area contributed by atoms with Crippen molar-refractivity contribution in [2.24, 2.45) is 5.10 Å². The minimum atomic E-state index is -4.06. The molecular weight excluding hydrogens is 528 g/mol. The van der Waals surface area contributed by atoms with Crippen LogP contribution in [-0.2, 0) is 19.6 Å². The summed E-state index contributed by atoms with van der Waals surface area (Å²) in [5, 5.41) is 7.05. The summed E-state index contributed by atoms with van der Waals surface area (Å²) < 4.78 is 33.2. The minimum Gasteiger partial charge on any atom is -0.484 e. The van der Waals surface area contributed by atoms with Gasteiger partial charge in [-0.15, -0.1) is 0 Å². The van der Waals surface area contributed by atoms with Gasteiger partial charge in [0.05, 0.1) is 16.8 Å². The summed E-state index contributed by atoms with van der Waals surface area (Å²) in [4.78, 5) is 24.4. The summed E-state index contributed by atoms with van der Waals surface area (Å²) in [5.74, 6) is -0.359. The number of nitrogens with one attached hydrogen (secondary N) is 2. The molecule has 0 heterocycles. The number of nitrogens with zero attached hydrogens (tertiary/aromatic N) is 2. The number of sulfonamides is 1. The molecule has 200 valence electrons. The topological polar surface area (TPSA) is 117 Å². The molecule has 0 aliphatic heterocycles. The van der Waals surface area contributed by atoms with Gasteiger partial charge in [0.1, 0.15) is 12.3 Å². The van der Waals surface area contributed by atoms with E-state index in [0.717, 1.165) is 9.87 Å². The molecule has 0 spiro atoms. The molecular formula is C27H29ClN4O5S. The van der Waals surface area contributed by atoms with E-state index in [1.165, 1.54) is 24.4 Å². The van der Waals surface area contributed by atoms with Crippen LogP contribution in [0.5, 0.6) is 5.75 Å². The zero-order valence-corrected chi connectivity index (χ0v) is 22.8. The fraction of sp³-hybridized carbons (Fsp3) is 0.222. The van der Waals surface area contributed by atoms with Gasteiger partial charge in [-0.25, -0.2) is 13.8 Å². The number of hydrogen-bond acceptors (Lipinski definition) is 6. The Hall–Kier alpha value is -3.89. The molecule has 3 aromatic carbocycles. The van der Waals surface area contributed by atoms with Gasteiger partial charge in [-0.1, -0.05) is 35.9 Å². The molecule has 0 aromatic heterocycles. The Morgan fingerprint density at radius 3 is 2.34 bits per heavy atom. The summed E-state index contributed by atoms with van der Waals surface area (Å²) in [6, 6.07) is 19.4. The van der Waals surface area contributed by atoms with Crippen LogP contribution in [0.3, 0.4) is 0 Å². The zero-order chi connectivity index (χ0) is 27.7. The second kappa shape index (κ2) is 13.1. The van der Waals surface area contributed by atoms with Gasteiger partial charge in [-0.2, -0.15) is 5.10 Å². The van der Waals surface area contributed by atoms with E-state index in [1.807, 2.05) is 13.8 Å². The van der Waals surface area contributed by atoms with Crippen LogP contribution in [0.25, 0.3) is 0 Å². The van der Waals surface area contributed by atoms with Crippen molar-refractivity contribution in [3.63, 3.8) is 0 Å². The molecule has 0 saturated carbocycles. The smallest absolute Gasteiger partial charge is 0.264 e. The van der Waals surface area contributed by atoms with Crippen LogP contribution in [0.2, 0.25) is 5.02 Å². The number of amides is 2. The maximum Gasteiger partial charge on any atom is 0.264 e. The van der Waals surface area contributed by atoms with E-state index >= 15 is 0 Å². The van der Waals surface area contributed by atoms with Crippen molar-refractivity contribution >= 4 is 45.3 Å². The number of hydrogen-bond donors (Lipinski definition) is 2. The predicted molar refractivity (Wildman–Crippen MR) is 148 cm³/mol. The van der Waals surface area contributed by atoms with Crippen LogP contribution >= 0.6 is 11.6 Å². The first-order valence-electron chi connectivity index (χ1n) is 11.7. The van der Waals surface area contributed by atoms with E-state index in [9.17, 15) is 18.0 Å². The number of carbonyl (C=O) groups is 2. The van der Waals surface area contributed by atoms with E-state index in [4.69, 9.17) is 16.3 Å². The van der Waals surface area contributed by atoms with E-state index in [0.29, 0.717) is 16.3 Å². The van der Waals surface area contributed by atoms with Crippen LogP contribution in [0.4, 0.5) is 5.69 Å². The lowest BCUT2D eigenvalue weighted by Gasteiger charge is -2.24. The monoisotopic (exact) mass is 556 g/mol. The molecule has 0 fully saturated rings. The first-order chi connectivity index (χ1) is 18.1. The van der Waals surface area contributed by atoms with Crippen LogP contribution in [-0.4, -0.2) is 45.6 Å². The van der Waals surface area contributed by atoms with Gasteiger partial charge >= 0.3 is 0 Å². The quantitative estimate of drug-likeness (QED) is 0.274. The van der Waals surface area contributed by atoms with Crippen molar-refractivity contribution in [1.82, 2.24) is 10.7 Å². The Labute approximate surface area is 227 Å². The van der Waals surface area contributed by atoms with E-state index in [2.05, 4.69) is 15.8 Å². The molecule has 0 radical (unpaired) electrons. The number of hydrazone groups is 1. The SMILES string of the molecule is Cc1ccc(N(CC(=O)N/N=C\c2ccc(OCC(=O)NC(C)C)cc2)S(=O)(=O)c2ccccc2)cc1Cl. The normalized spacial score (nSPS) is 11.4. The molecule has 38 heavy (non-hydrogen) atoms. The standard InChI is InChI=1S/C27H29ClN4O5S/c1-19(2)30-27(34)18-37-23-13-10-21(11-14-23)16-29-31-26(33)17-32(22-12-9-20(3)25(28)15-22)38(35,36)24-7-5-4-6-8-24/h4-16,19H,17-18H2,1-3H3,(H,30,34)(H,31,33)/b29-16-. The van der Waals surface area contributed by atoms with Crippen LogP contribution in [0, 0.1) is 6.92 Å². The number of benzene rings is 3. The second-order valence-electron chi connectivity index (χ2n) is 8.63. The summed E-state index contributed by atoms with van der Waals surface area (Å²) in [6.45, 7) is 4.91. The maximum atomic E-state index is 13.4. The minimum absolute atomic E-state index is 0.0279. The highest BCUT2D eigenvalue weighted by Crippen LogP contribution is 2.27. The third-order valence-electron chi connectivity index (χ3n) is 5.16. The molecule has 2 amide bonds. The van der Waals surface area contributed by atoms with Crippen molar-refractivity contribution in [2.45, 2.75) is 31.7 Å². The summed E-state index contributed by atoms with van der Waals surface area (Å²) in [6.07, 6.45) is 1.41. The Kier molecular flexibility index (Phi) is 9.86. The molecule has 3 aromatic rings. The Bertz CT molecular complexity index is 1390. The van der Waals surface area contributed by atoms with Gasteiger partial charge in [0.25, 0.3) is 21.8 Å². The molecule has 0 unspecified atom stereocenters. The summed E-state index contributed by atoms with van der Waals surface area (Å²) >= 11 is 6.23. The van der Waals surface area contributed by atoms with Crippen molar-refractivity contribution in [3.8, 4) is 5.75 Å². The summed E-state index contributed by atoms with van der Waals surface area (Å²) in [7, 11) is -4.06. The number of ether oxygens (including phenoxy) is 1. The fourth-order valence-electron chi connectivity index (χ4n) is 3.28. The number of carbonyl (C=O) groups excluding carboxylic acids is 2. The Morgan fingerprint density at radius 1 is 1.03 bits per heavy atom. The lowest BCUT2D eigenvalue weighted by atomic mass is 10.2.